The summed E-state index contributed by atoms with van der Waals surface area (Å²) < 4.78 is 15.0. The van der Waals surface area contributed by atoms with E-state index in [1.807, 2.05) is 57.0 Å². The standard InChI is InChI=1S/C27H36FN5O3/c1-27(2,3)24(26(36)29-14-7-15-32(4)16-17-34)30-25(35)23-21-8-5-6-9-22(21)33(31-23)18-19-10-12-20(28)13-11-19/h5-6,8-13,24,34H,7,14-18H2,1-4H3,(H,29,36)(H,30,35). The van der Waals surface area contributed by atoms with Crippen molar-refractivity contribution in [2.45, 2.75) is 39.8 Å². The summed E-state index contributed by atoms with van der Waals surface area (Å²) in [6.07, 6.45) is 0.728. The highest BCUT2D eigenvalue weighted by Crippen LogP contribution is 2.23. The number of hydrogen-bond acceptors (Lipinski definition) is 5. The number of halogens is 1. The minimum absolute atomic E-state index is 0.0926. The van der Waals surface area contributed by atoms with Crippen LogP contribution in [0.2, 0.25) is 0 Å². The third-order valence-electron chi connectivity index (χ3n) is 6.02. The van der Waals surface area contributed by atoms with Crippen LogP contribution in [0.1, 0.15) is 43.2 Å². The summed E-state index contributed by atoms with van der Waals surface area (Å²) in [6.45, 7) is 7.96. The van der Waals surface area contributed by atoms with Crippen molar-refractivity contribution >= 4 is 22.7 Å². The molecule has 1 heterocycles. The second-order valence-corrected chi connectivity index (χ2v) is 10.1. The zero-order valence-corrected chi connectivity index (χ0v) is 21.4. The number of carbonyl (C=O) groups is 2. The number of fused-ring (bicyclic) bond motifs is 1. The van der Waals surface area contributed by atoms with Crippen molar-refractivity contribution < 1.29 is 19.1 Å². The van der Waals surface area contributed by atoms with E-state index >= 15 is 0 Å². The maximum atomic E-state index is 13.4. The van der Waals surface area contributed by atoms with Crippen molar-refractivity contribution in [3.63, 3.8) is 0 Å². The van der Waals surface area contributed by atoms with E-state index in [2.05, 4.69) is 15.7 Å². The Hall–Kier alpha value is -3.30. The first-order valence-electron chi connectivity index (χ1n) is 12.2. The molecule has 1 unspecified atom stereocenters. The molecule has 2 amide bonds. The number of rotatable bonds is 11. The number of aliphatic hydroxyl groups is 1. The molecule has 0 saturated heterocycles. The van der Waals surface area contributed by atoms with Crippen LogP contribution in [0.15, 0.2) is 48.5 Å². The zero-order chi connectivity index (χ0) is 26.3. The van der Waals surface area contributed by atoms with E-state index < -0.39 is 17.4 Å². The Morgan fingerprint density at radius 3 is 2.47 bits per heavy atom. The molecule has 3 aromatic rings. The Morgan fingerprint density at radius 2 is 1.81 bits per heavy atom. The van der Waals surface area contributed by atoms with Crippen molar-refractivity contribution in [2.75, 3.05) is 33.3 Å². The molecule has 0 spiro atoms. The van der Waals surface area contributed by atoms with Gasteiger partial charge in [-0.3, -0.25) is 14.3 Å². The van der Waals surface area contributed by atoms with E-state index in [0.717, 1.165) is 24.0 Å². The molecular formula is C27H36FN5O3. The first-order valence-corrected chi connectivity index (χ1v) is 12.2. The smallest absolute Gasteiger partial charge is 0.273 e. The number of amides is 2. The summed E-state index contributed by atoms with van der Waals surface area (Å²) in [7, 11) is 1.91. The SMILES string of the molecule is CN(CCO)CCCNC(=O)C(NC(=O)c1nn(Cc2ccc(F)cc2)c2ccccc12)C(C)(C)C. The Labute approximate surface area is 211 Å². The lowest BCUT2D eigenvalue weighted by Gasteiger charge is -2.30. The Balaban J connectivity index is 1.75. The number of nitrogens with one attached hydrogen (secondary N) is 2. The summed E-state index contributed by atoms with van der Waals surface area (Å²) in [6, 6.07) is 12.8. The predicted molar refractivity (Wildman–Crippen MR) is 138 cm³/mol. The van der Waals surface area contributed by atoms with Crippen molar-refractivity contribution in [1.82, 2.24) is 25.3 Å². The quantitative estimate of drug-likeness (QED) is 0.354. The number of carbonyl (C=O) groups excluding carboxylic acids is 2. The second-order valence-electron chi connectivity index (χ2n) is 10.1. The molecule has 2 aromatic carbocycles. The van der Waals surface area contributed by atoms with Crippen LogP contribution in [-0.4, -0.2) is 70.9 Å². The summed E-state index contributed by atoms with van der Waals surface area (Å²) in [4.78, 5) is 28.4. The van der Waals surface area contributed by atoms with Crippen LogP contribution in [0.25, 0.3) is 10.9 Å². The van der Waals surface area contributed by atoms with Crippen molar-refractivity contribution in [1.29, 1.82) is 0 Å². The van der Waals surface area contributed by atoms with E-state index in [-0.39, 0.29) is 24.0 Å². The molecule has 1 aromatic heterocycles. The Kier molecular flexibility index (Phi) is 9.17. The van der Waals surface area contributed by atoms with Gasteiger partial charge in [0.05, 0.1) is 18.7 Å². The number of likely N-dealkylation sites (N-methyl/N-ethyl adjacent to an activating group) is 1. The van der Waals surface area contributed by atoms with Crippen LogP contribution in [-0.2, 0) is 11.3 Å². The van der Waals surface area contributed by atoms with Gasteiger partial charge in [-0.25, -0.2) is 4.39 Å². The topological polar surface area (TPSA) is 99.5 Å². The number of hydrogen-bond donors (Lipinski definition) is 3. The number of nitrogens with zero attached hydrogens (tertiary/aromatic N) is 3. The van der Waals surface area contributed by atoms with Gasteiger partial charge >= 0.3 is 0 Å². The van der Waals surface area contributed by atoms with E-state index in [0.29, 0.717) is 25.0 Å². The summed E-state index contributed by atoms with van der Waals surface area (Å²) in [5.41, 5.74) is 1.34. The molecule has 0 saturated carbocycles. The molecule has 9 heteroatoms. The molecule has 3 N–H and O–H groups in total. The van der Waals surface area contributed by atoms with Crippen molar-refractivity contribution in [3.05, 3.63) is 65.6 Å². The fourth-order valence-corrected chi connectivity index (χ4v) is 4.00. The lowest BCUT2D eigenvalue weighted by molar-refractivity contribution is -0.125. The van der Waals surface area contributed by atoms with E-state index in [9.17, 15) is 14.0 Å². The lowest BCUT2D eigenvalue weighted by atomic mass is 9.86. The molecule has 8 nitrogen and oxygen atoms in total. The van der Waals surface area contributed by atoms with Gasteiger partial charge in [0.25, 0.3) is 5.91 Å². The molecule has 3 rings (SSSR count). The van der Waals surface area contributed by atoms with Crippen molar-refractivity contribution in [3.8, 4) is 0 Å². The average molecular weight is 498 g/mol. The summed E-state index contributed by atoms with van der Waals surface area (Å²) in [5, 5.41) is 20.1. The second kappa shape index (κ2) is 12.1. The van der Waals surface area contributed by atoms with Crippen LogP contribution in [0, 0.1) is 11.2 Å². The normalized spacial score (nSPS) is 12.6. The molecule has 0 bridgehead atoms. The third kappa shape index (κ3) is 7.11. The molecule has 36 heavy (non-hydrogen) atoms. The van der Waals surface area contributed by atoms with Gasteiger partial charge in [-0.15, -0.1) is 0 Å². The highest BCUT2D eigenvalue weighted by molar-refractivity contribution is 6.06. The third-order valence-corrected chi connectivity index (χ3v) is 6.02. The maximum absolute atomic E-state index is 13.4. The molecule has 0 aliphatic heterocycles. The van der Waals surface area contributed by atoms with Gasteiger partial charge in [0.1, 0.15) is 11.9 Å². The molecule has 194 valence electrons. The highest BCUT2D eigenvalue weighted by Gasteiger charge is 2.34. The van der Waals surface area contributed by atoms with Gasteiger partial charge in [0.2, 0.25) is 5.91 Å². The predicted octanol–water partition coefficient (Wildman–Crippen LogP) is 2.80. The van der Waals surface area contributed by atoms with Gasteiger partial charge in [-0.1, -0.05) is 51.1 Å². The van der Waals surface area contributed by atoms with Crippen LogP contribution in [0.4, 0.5) is 4.39 Å². The van der Waals surface area contributed by atoms with E-state index in [4.69, 9.17) is 5.11 Å². The molecule has 0 fully saturated rings. The number of para-hydroxylation sites is 1. The largest absolute Gasteiger partial charge is 0.395 e. The Bertz CT molecular complexity index is 1170. The van der Waals surface area contributed by atoms with Gasteiger partial charge in [0, 0.05) is 18.5 Å². The summed E-state index contributed by atoms with van der Waals surface area (Å²) in [5.74, 6) is -0.995. The molecule has 1 atom stereocenters. The lowest BCUT2D eigenvalue weighted by Crippen LogP contribution is -2.54. The average Bonchev–Trinajstić information content (AvgIpc) is 3.19. The van der Waals surface area contributed by atoms with Crippen LogP contribution in [0.3, 0.4) is 0 Å². The minimum Gasteiger partial charge on any atom is -0.395 e. The number of aromatic nitrogens is 2. The first-order chi connectivity index (χ1) is 17.1. The highest BCUT2D eigenvalue weighted by atomic mass is 19.1. The number of aliphatic hydroxyl groups excluding tert-OH is 1. The van der Waals surface area contributed by atoms with Crippen LogP contribution in [0.5, 0.6) is 0 Å². The Morgan fingerprint density at radius 1 is 1.11 bits per heavy atom. The maximum Gasteiger partial charge on any atom is 0.273 e. The van der Waals surface area contributed by atoms with E-state index in [1.54, 1.807) is 16.8 Å². The molecular weight excluding hydrogens is 461 g/mol. The van der Waals surface area contributed by atoms with Gasteiger partial charge < -0.3 is 20.6 Å². The monoisotopic (exact) mass is 497 g/mol. The molecule has 0 aliphatic rings. The summed E-state index contributed by atoms with van der Waals surface area (Å²) >= 11 is 0. The first kappa shape index (κ1) is 27.3. The van der Waals surface area contributed by atoms with Crippen molar-refractivity contribution in [2.24, 2.45) is 5.41 Å². The fraction of sp³-hybridized carbons (Fsp3) is 0.444. The fourth-order valence-electron chi connectivity index (χ4n) is 4.00. The minimum atomic E-state index is -0.763. The van der Waals surface area contributed by atoms with E-state index in [1.165, 1.54) is 12.1 Å². The van der Waals surface area contributed by atoms with Crippen LogP contribution < -0.4 is 10.6 Å². The van der Waals surface area contributed by atoms with Gasteiger partial charge in [-0.05, 0) is 49.2 Å². The molecule has 0 radical (unpaired) electrons. The van der Waals surface area contributed by atoms with Crippen LogP contribution >= 0.6 is 0 Å². The van der Waals surface area contributed by atoms with Gasteiger partial charge in [-0.2, -0.15) is 5.10 Å². The van der Waals surface area contributed by atoms with Gasteiger partial charge in [0.15, 0.2) is 5.69 Å². The zero-order valence-electron chi connectivity index (χ0n) is 21.4. The number of benzene rings is 2. The molecule has 0 aliphatic carbocycles.